The van der Waals surface area contributed by atoms with Crippen LogP contribution in [0.15, 0.2) is 29.2 Å². The highest BCUT2D eigenvalue weighted by atomic mass is 32.2. The van der Waals surface area contributed by atoms with E-state index in [2.05, 4.69) is 10.0 Å². The molecule has 2 atom stereocenters. The second kappa shape index (κ2) is 5.34. The minimum atomic E-state index is -3.78. The largest absolute Gasteiger partial charge is 0.316 e. The lowest BCUT2D eigenvalue weighted by Crippen LogP contribution is -2.48. The van der Waals surface area contributed by atoms with Gasteiger partial charge in [-0.15, -0.1) is 0 Å². The smallest absolute Gasteiger partial charge is 0.243 e. The number of nitrogens with one attached hydrogen (secondary N) is 2. The normalized spacial score (nSPS) is 25.0. The third kappa shape index (κ3) is 2.88. The van der Waals surface area contributed by atoms with Crippen molar-refractivity contribution < 1.29 is 12.8 Å². The number of piperidine rings is 1. The summed E-state index contributed by atoms with van der Waals surface area (Å²) in [5, 5.41) is 3.19. The fourth-order valence-corrected chi connectivity index (χ4v) is 3.57. The Morgan fingerprint density at radius 2 is 2.11 bits per heavy atom. The van der Waals surface area contributed by atoms with Crippen molar-refractivity contribution in [2.45, 2.75) is 24.3 Å². The number of sulfonamides is 1. The maximum Gasteiger partial charge on any atom is 0.243 e. The number of halogens is 1. The second-order valence-corrected chi connectivity index (χ2v) is 6.31. The SMILES string of the molecule is C[C@@H]1CNCC[C@@H]1NS(=O)(=O)c1ccccc1F. The van der Waals surface area contributed by atoms with Gasteiger partial charge in [-0.25, -0.2) is 17.5 Å². The zero-order valence-corrected chi connectivity index (χ0v) is 11.0. The van der Waals surface area contributed by atoms with Crippen molar-refractivity contribution in [1.82, 2.24) is 10.0 Å². The van der Waals surface area contributed by atoms with Crippen LogP contribution in [0.2, 0.25) is 0 Å². The lowest BCUT2D eigenvalue weighted by atomic mass is 9.97. The molecule has 1 saturated heterocycles. The predicted octanol–water partition coefficient (Wildman–Crippen LogP) is 1.10. The molecule has 0 radical (unpaired) electrons. The average molecular weight is 272 g/mol. The van der Waals surface area contributed by atoms with Crippen LogP contribution in [0.5, 0.6) is 0 Å². The van der Waals surface area contributed by atoms with E-state index in [1.54, 1.807) is 0 Å². The van der Waals surface area contributed by atoms with Crippen molar-refractivity contribution in [3.8, 4) is 0 Å². The summed E-state index contributed by atoms with van der Waals surface area (Å²) in [6.45, 7) is 3.51. The Morgan fingerprint density at radius 3 is 2.78 bits per heavy atom. The molecule has 2 N–H and O–H groups in total. The first-order chi connectivity index (χ1) is 8.50. The molecule has 0 spiro atoms. The van der Waals surface area contributed by atoms with Crippen LogP contribution in [0.1, 0.15) is 13.3 Å². The Bertz CT molecular complexity index is 519. The van der Waals surface area contributed by atoms with Crippen molar-refractivity contribution in [3.05, 3.63) is 30.1 Å². The average Bonchev–Trinajstić information content (AvgIpc) is 2.32. The van der Waals surface area contributed by atoms with Crippen LogP contribution in [0.3, 0.4) is 0 Å². The Kier molecular flexibility index (Phi) is 3.99. The summed E-state index contributed by atoms with van der Waals surface area (Å²) in [5.74, 6) is -0.521. The molecule has 1 heterocycles. The van der Waals surface area contributed by atoms with E-state index < -0.39 is 15.8 Å². The van der Waals surface area contributed by atoms with Gasteiger partial charge in [0.25, 0.3) is 0 Å². The quantitative estimate of drug-likeness (QED) is 0.866. The van der Waals surface area contributed by atoms with Gasteiger partial charge < -0.3 is 5.32 Å². The number of hydrogen-bond donors (Lipinski definition) is 2. The fraction of sp³-hybridized carbons (Fsp3) is 0.500. The van der Waals surface area contributed by atoms with Gasteiger partial charge in [-0.2, -0.15) is 0 Å². The molecular formula is C12H17FN2O2S. The van der Waals surface area contributed by atoms with Crippen molar-refractivity contribution in [3.63, 3.8) is 0 Å². The van der Waals surface area contributed by atoms with Crippen molar-refractivity contribution >= 4 is 10.0 Å². The Balaban J connectivity index is 2.19. The van der Waals surface area contributed by atoms with E-state index in [9.17, 15) is 12.8 Å². The predicted molar refractivity (Wildman–Crippen MR) is 67.2 cm³/mol. The molecule has 1 aromatic rings. The molecular weight excluding hydrogens is 255 g/mol. The van der Waals surface area contributed by atoms with E-state index >= 15 is 0 Å². The first kappa shape index (κ1) is 13.5. The standard InChI is InChI=1S/C12H17FN2O2S/c1-9-8-14-7-6-11(9)15-18(16,17)12-5-3-2-4-10(12)13/h2-5,9,11,14-15H,6-8H2,1H3/t9-,11+/m1/s1. The summed E-state index contributed by atoms with van der Waals surface area (Å²) in [7, 11) is -3.78. The summed E-state index contributed by atoms with van der Waals surface area (Å²) >= 11 is 0. The van der Waals surface area contributed by atoms with Gasteiger partial charge in [0.15, 0.2) is 0 Å². The topological polar surface area (TPSA) is 58.2 Å². The van der Waals surface area contributed by atoms with Crippen LogP contribution in [-0.4, -0.2) is 27.5 Å². The monoisotopic (exact) mass is 272 g/mol. The van der Waals surface area contributed by atoms with E-state index in [0.717, 1.165) is 25.6 Å². The minimum Gasteiger partial charge on any atom is -0.316 e. The summed E-state index contributed by atoms with van der Waals surface area (Å²) in [6.07, 6.45) is 0.717. The van der Waals surface area contributed by atoms with E-state index in [1.807, 2.05) is 6.92 Å². The molecule has 1 aliphatic rings. The second-order valence-electron chi connectivity index (χ2n) is 4.63. The van der Waals surface area contributed by atoms with Gasteiger partial charge in [0.1, 0.15) is 10.7 Å². The molecule has 0 bridgehead atoms. The van der Waals surface area contributed by atoms with Gasteiger partial charge in [-0.05, 0) is 37.6 Å². The molecule has 0 aromatic heterocycles. The van der Waals surface area contributed by atoms with Crippen LogP contribution in [0, 0.1) is 11.7 Å². The molecule has 1 aliphatic heterocycles. The van der Waals surface area contributed by atoms with Gasteiger partial charge in [-0.1, -0.05) is 19.1 Å². The van der Waals surface area contributed by atoms with Crippen molar-refractivity contribution in [2.75, 3.05) is 13.1 Å². The van der Waals surface area contributed by atoms with Gasteiger partial charge in [-0.3, -0.25) is 0 Å². The molecule has 4 nitrogen and oxygen atoms in total. The van der Waals surface area contributed by atoms with E-state index in [1.165, 1.54) is 18.2 Å². The zero-order chi connectivity index (χ0) is 13.2. The Hall–Kier alpha value is -0.980. The van der Waals surface area contributed by atoms with E-state index in [4.69, 9.17) is 0 Å². The van der Waals surface area contributed by atoms with Gasteiger partial charge in [0, 0.05) is 6.04 Å². The molecule has 0 saturated carbocycles. The lowest BCUT2D eigenvalue weighted by Gasteiger charge is -2.29. The van der Waals surface area contributed by atoms with Crippen LogP contribution in [-0.2, 0) is 10.0 Å². The lowest BCUT2D eigenvalue weighted by molar-refractivity contribution is 0.327. The first-order valence-corrected chi connectivity index (χ1v) is 7.46. The van der Waals surface area contributed by atoms with Gasteiger partial charge in [0.05, 0.1) is 0 Å². The highest BCUT2D eigenvalue weighted by molar-refractivity contribution is 7.89. The van der Waals surface area contributed by atoms with Gasteiger partial charge in [0.2, 0.25) is 10.0 Å². The molecule has 1 aromatic carbocycles. The van der Waals surface area contributed by atoms with Crippen LogP contribution in [0.4, 0.5) is 4.39 Å². The maximum atomic E-state index is 13.5. The van der Waals surface area contributed by atoms with Crippen LogP contribution >= 0.6 is 0 Å². The number of benzene rings is 1. The minimum absolute atomic E-state index is 0.143. The molecule has 0 unspecified atom stereocenters. The number of hydrogen-bond acceptors (Lipinski definition) is 3. The van der Waals surface area contributed by atoms with E-state index in [0.29, 0.717) is 0 Å². The third-order valence-electron chi connectivity index (χ3n) is 3.22. The molecule has 100 valence electrons. The summed E-state index contributed by atoms with van der Waals surface area (Å²) in [5.41, 5.74) is 0. The molecule has 2 rings (SSSR count). The Labute approximate surface area is 107 Å². The number of rotatable bonds is 3. The Morgan fingerprint density at radius 1 is 1.39 bits per heavy atom. The maximum absolute atomic E-state index is 13.5. The molecule has 1 fully saturated rings. The highest BCUT2D eigenvalue weighted by Gasteiger charge is 2.27. The van der Waals surface area contributed by atoms with Crippen LogP contribution in [0.25, 0.3) is 0 Å². The van der Waals surface area contributed by atoms with Crippen molar-refractivity contribution in [2.24, 2.45) is 5.92 Å². The summed E-state index contributed by atoms with van der Waals surface area (Å²) in [6, 6.07) is 5.28. The summed E-state index contributed by atoms with van der Waals surface area (Å²) < 4.78 is 40.3. The highest BCUT2D eigenvalue weighted by Crippen LogP contribution is 2.17. The summed E-state index contributed by atoms with van der Waals surface area (Å²) in [4.78, 5) is -0.282. The van der Waals surface area contributed by atoms with Crippen LogP contribution < -0.4 is 10.0 Å². The molecule has 18 heavy (non-hydrogen) atoms. The zero-order valence-electron chi connectivity index (χ0n) is 10.2. The molecule has 0 amide bonds. The van der Waals surface area contributed by atoms with E-state index in [-0.39, 0.29) is 16.9 Å². The molecule has 6 heteroatoms. The van der Waals surface area contributed by atoms with Gasteiger partial charge >= 0.3 is 0 Å². The van der Waals surface area contributed by atoms with Crippen molar-refractivity contribution in [1.29, 1.82) is 0 Å². The first-order valence-electron chi connectivity index (χ1n) is 5.98. The molecule has 0 aliphatic carbocycles. The fourth-order valence-electron chi connectivity index (χ4n) is 2.11. The third-order valence-corrected chi connectivity index (χ3v) is 4.74.